The summed E-state index contributed by atoms with van der Waals surface area (Å²) < 4.78 is 37.4. The first kappa shape index (κ1) is 10.5. The van der Waals surface area contributed by atoms with Crippen LogP contribution in [0.5, 0.6) is 5.75 Å². The van der Waals surface area contributed by atoms with Gasteiger partial charge in [-0.1, -0.05) is 6.92 Å². The second kappa shape index (κ2) is 8.12. The number of piperazine rings is 1. The Hall–Kier alpha value is -1.26. The van der Waals surface area contributed by atoms with E-state index in [9.17, 15) is 0 Å². The number of benzene rings is 1. The summed E-state index contributed by atoms with van der Waals surface area (Å²) in [5.41, 5.74) is 1.08. The van der Waals surface area contributed by atoms with Crippen molar-refractivity contribution in [2.45, 2.75) is 13.3 Å². The minimum atomic E-state index is -2.09. The van der Waals surface area contributed by atoms with E-state index in [2.05, 4.69) is 17.1 Å². The van der Waals surface area contributed by atoms with E-state index >= 15 is 0 Å². The van der Waals surface area contributed by atoms with Gasteiger partial charge in [-0.05, 0) is 37.7 Å². The molecule has 0 bridgehead atoms. The van der Waals surface area contributed by atoms with Crippen LogP contribution >= 0.6 is 0 Å². The Morgan fingerprint density at radius 3 is 2.50 bits per heavy atom. The first-order valence-corrected chi connectivity index (χ1v) is 7.23. The van der Waals surface area contributed by atoms with Gasteiger partial charge in [0.05, 0.1) is 6.61 Å². The lowest BCUT2D eigenvalue weighted by atomic mass is 10.2. The molecule has 0 aromatic heterocycles. The summed E-state index contributed by atoms with van der Waals surface area (Å²) in [6.45, 7) is 0.913. The van der Waals surface area contributed by atoms with Crippen molar-refractivity contribution < 1.29 is 10.2 Å². The van der Waals surface area contributed by atoms with E-state index in [4.69, 9.17) is 10.2 Å². The number of anilines is 1. The van der Waals surface area contributed by atoms with Crippen LogP contribution in [0.15, 0.2) is 24.3 Å². The fourth-order valence-electron chi connectivity index (χ4n) is 2.18. The number of rotatable bonds is 7. The number of nitrogens with one attached hydrogen (secondary N) is 1. The van der Waals surface area contributed by atoms with Crippen molar-refractivity contribution in [1.29, 1.82) is 0 Å². The smallest absolute Gasteiger partial charge is 0.119 e. The zero-order valence-electron chi connectivity index (χ0n) is 16.4. The highest BCUT2D eigenvalue weighted by atomic mass is 16.5. The van der Waals surface area contributed by atoms with Gasteiger partial charge < -0.3 is 15.0 Å². The van der Waals surface area contributed by atoms with Crippen molar-refractivity contribution >= 4 is 5.69 Å². The molecule has 4 heteroatoms. The van der Waals surface area contributed by atoms with Gasteiger partial charge in [0, 0.05) is 50.3 Å². The fourth-order valence-corrected chi connectivity index (χ4v) is 2.18. The van der Waals surface area contributed by atoms with Gasteiger partial charge in [0.25, 0.3) is 0 Å². The summed E-state index contributed by atoms with van der Waals surface area (Å²) in [5, 5.41) is 2.43. The SMILES string of the molecule is [2H]C([2H])(NC)C([2H])([2H])N1CCN(c2ccc(OCCC)cc2)CC1. The molecule has 0 spiro atoms. The molecule has 0 saturated carbocycles. The van der Waals surface area contributed by atoms with Crippen LogP contribution in [0.3, 0.4) is 0 Å². The zero-order chi connectivity index (χ0) is 17.8. The Labute approximate surface area is 128 Å². The van der Waals surface area contributed by atoms with Crippen LogP contribution in [0, 0.1) is 0 Å². The highest BCUT2D eigenvalue weighted by Gasteiger charge is 2.16. The third-order valence-corrected chi connectivity index (χ3v) is 3.29. The van der Waals surface area contributed by atoms with Crippen LogP contribution < -0.4 is 15.0 Å². The van der Waals surface area contributed by atoms with Gasteiger partial charge >= 0.3 is 0 Å². The maximum atomic E-state index is 8.11. The molecule has 1 aliphatic heterocycles. The summed E-state index contributed by atoms with van der Waals surface area (Å²) >= 11 is 0. The molecule has 20 heavy (non-hydrogen) atoms. The monoisotopic (exact) mass is 281 g/mol. The van der Waals surface area contributed by atoms with Gasteiger partial charge in [0.2, 0.25) is 0 Å². The molecule has 1 saturated heterocycles. The van der Waals surface area contributed by atoms with Crippen LogP contribution in [-0.4, -0.2) is 57.7 Å². The third-order valence-electron chi connectivity index (χ3n) is 3.29. The average Bonchev–Trinajstić information content (AvgIpc) is 2.60. The lowest BCUT2D eigenvalue weighted by Crippen LogP contribution is -2.48. The molecular formula is C16H27N3O. The van der Waals surface area contributed by atoms with Crippen molar-refractivity contribution in [1.82, 2.24) is 10.2 Å². The van der Waals surface area contributed by atoms with Gasteiger partial charge in [0.1, 0.15) is 5.75 Å². The standard InChI is InChI=1S/C16H27N3O/c1-3-14-20-16-6-4-15(5-7-16)19-12-10-18(11-13-19)9-8-17-2/h4-7,17H,3,8-14H2,1-2H3/i8D2,9D2. The van der Waals surface area contributed by atoms with E-state index in [1.54, 1.807) is 4.90 Å². The van der Waals surface area contributed by atoms with Crippen LogP contribution in [0.2, 0.25) is 0 Å². The molecule has 0 aliphatic carbocycles. The number of likely N-dealkylation sites (N-methyl/N-ethyl adjacent to an activating group) is 1. The molecule has 1 aliphatic rings. The van der Waals surface area contributed by atoms with Crippen molar-refractivity contribution in [2.75, 3.05) is 57.7 Å². The summed E-state index contributed by atoms with van der Waals surface area (Å²) in [5.74, 6) is 0.859. The summed E-state index contributed by atoms with van der Waals surface area (Å²) in [7, 11) is 1.44. The largest absolute Gasteiger partial charge is 0.494 e. The molecule has 0 amide bonds. The Morgan fingerprint density at radius 1 is 1.20 bits per heavy atom. The molecular weight excluding hydrogens is 250 g/mol. The van der Waals surface area contributed by atoms with Crippen molar-refractivity contribution in [3.63, 3.8) is 0 Å². The summed E-state index contributed by atoms with van der Waals surface area (Å²) in [6.07, 6.45) is 0.978. The van der Waals surface area contributed by atoms with E-state index in [1.165, 1.54) is 7.05 Å². The molecule has 4 nitrogen and oxygen atoms in total. The minimum absolute atomic E-state index is 0.474. The molecule has 112 valence electrons. The van der Waals surface area contributed by atoms with Crippen LogP contribution in [0.4, 0.5) is 5.69 Å². The van der Waals surface area contributed by atoms with E-state index < -0.39 is 13.0 Å². The fraction of sp³-hybridized carbons (Fsp3) is 0.625. The average molecular weight is 281 g/mol. The van der Waals surface area contributed by atoms with Crippen LogP contribution in [0.25, 0.3) is 0 Å². The van der Waals surface area contributed by atoms with Crippen LogP contribution in [0.1, 0.15) is 18.8 Å². The summed E-state index contributed by atoms with van der Waals surface area (Å²) in [6, 6.07) is 7.94. The second-order valence-electron chi connectivity index (χ2n) is 4.80. The maximum absolute atomic E-state index is 8.11. The van der Waals surface area contributed by atoms with Crippen LogP contribution in [-0.2, 0) is 0 Å². The van der Waals surface area contributed by atoms with Crippen molar-refractivity contribution in [3.8, 4) is 5.75 Å². The molecule has 0 unspecified atom stereocenters. The molecule has 1 heterocycles. The Kier molecular flexibility index (Phi) is 4.25. The normalized spacial score (nSPS) is 20.8. The topological polar surface area (TPSA) is 27.7 Å². The molecule has 2 rings (SSSR count). The van der Waals surface area contributed by atoms with E-state index in [0.29, 0.717) is 32.8 Å². The highest BCUT2D eigenvalue weighted by Crippen LogP contribution is 2.20. The Balaban J connectivity index is 1.95. The minimum Gasteiger partial charge on any atom is -0.494 e. The highest BCUT2D eigenvalue weighted by molar-refractivity contribution is 5.49. The quantitative estimate of drug-likeness (QED) is 0.825. The van der Waals surface area contributed by atoms with E-state index in [1.807, 2.05) is 24.3 Å². The van der Waals surface area contributed by atoms with E-state index in [-0.39, 0.29) is 0 Å². The number of hydrogen-bond donors (Lipinski definition) is 1. The van der Waals surface area contributed by atoms with Gasteiger partial charge in [0.15, 0.2) is 0 Å². The molecule has 0 atom stereocenters. The molecule has 1 fully saturated rings. The molecule has 1 aromatic carbocycles. The third kappa shape index (κ3) is 4.39. The lowest BCUT2D eigenvalue weighted by molar-refractivity contribution is 0.259. The predicted octanol–water partition coefficient (Wildman–Crippen LogP) is 1.82. The van der Waals surface area contributed by atoms with Crippen molar-refractivity contribution in [3.05, 3.63) is 24.3 Å². The summed E-state index contributed by atoms with van der Waals surface area (Å²) in [4.78, 5) is 3.75. The molecule has 0 radical (unpaired) electrons. The Morgan fingerprint density at radius 2 is 1.90 bits per heavy atom. The first-order valence-electron chi connectivity index (χ1n) is 9.23. The molecule has 1 N–H and O–H groups in total. The Bertz CT molecular complexity index is 517. The number of nitrogens with zero attached hydrogens (tertiary/aromatic N) is 2. The molecule has 1 aromatic rings. The van der Waals surface area contributed by atoms with Crippen molar-refractivity contribution in [2.24, 2.45) is 0 Å². The van der Waals surface area contributed by atoms with Gasteiger partial charge in [-0.25, -0.2) is 0 Å². The number of ether oxygens (including phenoxy) is 1. The van der Waals surface area contributed by atoms with Gasteiger partial charge in [-0.3, -0.25) is 4.90 Å². The second-order valence-corrected chi connectivity index (χ2v) is 4.80. The first-order chi connectivity index (χ1) is 11.3. The van der Waals surface area contributed by atoms with E-state index in [0.717, 1.165) is 17.9 Å². The zero-order valence-corrected chi connectivity index (χ0v) is 12.4. The van der Waals surface area contributed by atoms with Gasteiger partial charge in [-0.15, -0.1) is 0 Å². The lowest BCUT2D eigenvalue weighted by Gasteiger charge is -2.36. The van der Waals surface area contributed by atoms with Gasteiger partial charge in [-0.2, -0.15) is 0 Å². The predicted molar refractivity (Wildman–Crippen MR) is 84.8 cm³/mol. The maximum Gasteiger partial charge on any atom is 0.119 e. The number of hydrogen-bond acceptors (Lipinski definition) is 4.